The van der Waals surface area contributed by atoms with Gasteiger partial charge in [0, 0.05) is 6.42 Å². The number of quaternary nitrogens is 1. The molecule has 9 heteroatoms. The Bertz CT molecular complexity index is 1040. The predicted molar refractivity (Wildman–Crippen MR) is 249 cm³/mol. The van der Waals surface area contributed by atoms with Crippen molar-refractivity contribution >= 4 is 13.7 Å². The van der Waals surface area contributed by atoms with Crippen molar-refractivity contribution in [2.45, 2.75) is 231 Å². The maximum Gasteiger partial charge on any atom is 0.472 e. The zero-order valence-corrected chi connectivity index (χ0v) is 39.7. The highest BCUT2D eigenvalue weighted by Crippen LogP contribution is 2.43. The molecule has 0 heterocycles. The molecular weight excluding hydrogens is 744 g/mol. The Labute approximate surface area is 359 Å². The van der Waals surface area contributed by atoms with E-state index in [1.807, 2.05) is 27.2 Å². The van der Waals surface area contributed by atoms with Gasteiger partial charge in [0.15, 0.2) is 0 Å². The third-order valence-corrected chi connectivity index (χ3v) is 11.8. The number of nitrogens with one attached hydrogen (secondary N) is 1. The Morgan fingerprint density at radius 2 is 0.948 bits per heavy atom. The summed E-state index contributed by atoms with van der Waals surface area (Å²) in [7, 11) is 1.55. The van der Waals surface area contributed by atoms with Crippen molar-refractivity contribution in [3.63, 3.8) is 0 Å². The summed E-state index contributed by atoms with van der Waals surface area (Å²) in [4.78, 5) is 23.2. The number of phosphoric ester groups is 1. The second-order valence-corrected chi connectivity index (χ2v) is 19.3. The Morgan fingerprint density at radius 3 is 1.38 bits per heavy atom. The Morgan fingerprint density at radius 1 is 0.569 bits per heavy atom. The fourth-order valence-corrected chi connectivity index (χ4v) is 7.69. The summed E-state index contributed by atoms with van der Waals surface area (Å²) in [6.07, 6.45) is 50.8. The lowest BCUT2D eigenvalue weighted by Crippen LogP contribution is -2.45. The highest BCUT2D eigenvalue weighted by atomic mass is 31.2. The summed E-state index contributed by atoms with van der Waals surface area (Å²) < 4.78 is 23.6. The van der Waals surface area contributed by atoms with E-state index < -0.39 is 20.0 Å². The summed E-state index contributed by atoms with van der Waals surface area (Å²) in [5.41, 5.74) is 0. The van der Waals surface area contributed by atoms with Crippen LogP contribution in [0.2, 0.25) is 0 Å². The third kappa shape index (κ3) is 42.8. The zero-order chi connectivity index (χ0) is 42.8. The van der Waals surface area contributed by atoms with E-state index in [-0.39, 0.29) is 19.1 Å². The SMILES string of the molecule is CCCCCCCCC/C=C/CC/C=C/CC/C=C/C(O)C(COP(=O)(O)OCC[N+](C)(C)C)NC(=O)CCCCCCCCCCCCCCCCCCCCC. The Balaban J connectivity index is 4.40. The van der Waals surface area contributed by atoms with Crippen molar-refractivity contribution in [1.82, 2.24) is 5.32 Å². The number of likely N-dealkylation sites (N-methyl/N-ethyl adjacent to an activating group) is 1. The van der Waals surface area contributed by atoms with Crippen LogP contribution in [0.15, 0.2) is 36.5 Å². The molecule has 58 heavy (non-hydrogen) atoms. The first-order valence-corrected chi connectivity index (χ1v) is 25.9. The molecule has 0 aliphatic carbocycles. The van der Waals surface area contributed by atoms with Gasteiger partial charge in [-0.15, -0.1) is 0 Å². The van der Waals surface area contributed by atoms with Crippen molar-refractivity contribution in [2.24, 2.45) is 0 Å². The average Bonchev–Trinajstić information content (AvgIpc) is 3.17. The first-order chi connectivity index (χ1) is 28.0. The number of allylic oxidation sites excluding steroid dienone is 5. The van der Waals surface area contributed by atoms with Crippen LogP contribution in [0.1, 0.15) is 219 Å². The summed E-state index contributed by atoms with van der Waals surface area (Å²) in [6, 6.07) is -0.866. The van der Waals surface area contributed by atoms with E-state index in [1.165, 1.54) is 154 Å². The van der Waals surface area contributed by atoms with Gasteiger partial charge in [0.05, 0.1) is 39.9 Å². The first kappa shape index (κ1) is 56.7. The zero-order valence-electron chi connectivity index (χ0n) is 38.8. The molecule has 3 atom stereocenters. The van der Waals surface area contributed by atoms with Gasteiger partial charge in [-0.1, -0.05) is 204 Å². The number of phosphoric acid groups is 1. The molecule has 0 aliphatic rings. The van der Waals surface area contributed by atoms with Crippen molar-refractivity contribution in [3.05, 3.63) is 36.5 Å². The number of nitrogens with zero attached hydrogens (tertiary/aromatic N) is 1. The lowest BCUT2D eigenvalue weighted by molar-refractivity contribution is -0.870. The molecule has 0 aliphatic heterocycles. The number of hydrogen-bond donors (Lipinski definition) is 3. The van der Waals surface area contributed by atoms with Gasteiger partial charge in [0.2, 0.25) is 5.91 Å². The number of carbonyl (C=O) groups is 1. The summed E-state index contributed by atoms with van der Waals surface area (Å²) in [5, 5.41) is 13.8. The normalized spacial score (nSPS) is 14.5. The van der Waals surface area contributed by atoms with Crippen molar-refractivity contribution in [1.29, 1.82) is 0 Å². The van der Waals surface area contributed by atoms with Crippen LogP contribution >= 0.6 is 7.82 Å². The lowest BCUT2D eigenvalue weighted by Gasteiger charge is -2.25. The molecule has 0 spiro atoms. The van der Waals surface area contributed by atoms with Gasteiger partial charge < -0.3 is 19.8 Å². The molecule has 0 saturated heterocycles. The van der Waals surface area contributed by atoms with E-state index in [1.54, 1.807) is 6.08 Å². The third-order valence-electron chi connectivity index (χ3n) is 10.8. The van der Waals surface area contributed by atoms with Gasteiger partial charge in [0.25, 0.3) is 0 Å². The predicted octanol–water partition coefficient (Wildman–Crippen LogP) is 13.9. The van der Waals surface area contributed by atoms with Crippen molar-refractivity contribution < 1.29 is 32.9 Å². The van der Waals surface area contributed by atoms with Crippen LogP contribution in [-0.2, 0) is 18.4 Å². The smallest absolute Gasteiger partial charge is 0.387 e. The summed E-state index contributed by atoms with van der Waals surface area (Å²) >= 11 is 0. The molecule has 0 aromatic heterocycles. The minimum absolute atomic E-state index is 0.0548. The second kappa shape index (κ2) is 41.1. The van der Waals surface area contributed by atoms with Crippen LogP contribution in [0, 0.1) is 0 Å². The minimum atomic E-state index is -4.35. The maximum absolute atomic E-state index is 12.9. The average molecular weight is 840 g/mol. The van der Waals surface area contributed by atoms with Gasteiger partial charge in [-0.3, -0.25) is 13.8 Å². The Hall–Kier alpha value is -1.28. The Kier molecular flexibility index (Phi) is 40.2. The first-order valence-electron chi connectivity index (χ1n) is 24.4. The van der Waals surface area contributed by atoms with E-state index in [4.69, 9.17) is 9.05 Å². The largest absolute Gasteiger partial charge is 0.472 e. The van der Waals surface area contributed by atoms with Crippen LogP contribution in [0.25, 0.3) is 0 Å². The van der Waals surface area contributed by atoms with Gasteiger partial charge in [-0.2, -0.15) is 0 Å². The molecule has 342 valence electrons. The summed E-state index contributed by atoms with van der Waals surface area (Å²) in [6.45, 7) is 4.79. The number of hydrogen-bond acceptors (Lipinski definition) is 5. The molecule has 0 fully saturated rings. The topological polar surface area (TPSA) is 105 Å². The number of carbonyl (C=O) groups excluding carboxylic acids is 1. The number of aliphatic hydroxyl groups is 1. The molecule has 3 unspecified atom stereocenters. The molecular formula is C49H96N2O6P+. The number of rotatable bonds is 44. The lowest BCUT2D eigenvalue weighted by atomic mass is 10.0. The quantitative estimate of drug-likeness (QED) is 0.0244. The van der Waals surface area contributed by atoms with E-state index in [2.05, 4.69) is 43.5 Å². The molecule has 0 aromatic rings. The van der Waals surface area contributed by atoms with Crippen molar-refractivity contribution in [2.75, 3.05) is 40.9 Å². The summed E-state index contributed by atoms with van der Waals surface area (Å²) in [5.74, 6) is -0.189. The molecule has 3 N–H and O–H groups in total. The fourth-order valence-electron chi connectivity index (χ4n) is 6.96. The molecule has 8 nitrogen and oxygen atoms in total. The van der Waals surface area contributed by atoms with E-state index in [0.29, 0.717) is 17.4 Å². The van der Waals surface area contributed by atoms with Gasteiger partial charge >= 0.3 is 7.82 Å². The highest BCUT2D eigenvalue weighted by molar-refractivity contribution is 7.47. The van der Waals surface area contributed by atoms with Crippen molar-refractivity contribution in [3.8, 4) is 0 Å². The fraction of sp³-hybridized carbons (Fsp3) is 0.857. The van der Waals surface area contributed by atoms with E-state index in [0.717, 1.165) is 44.9 Å². The standard InChI is InChI=1S/C49H95N2O6P/c1-6-8-10-12-14-16-18-20-22-24-25-27-29-31-33-35-37-39-41-43-49(53)50-47(46-57-58(54,55)56-45-44-51(3,4)5)48(52)42-40-38-36-34-32-30-28-26-23-21-19-17-15-13-11-9-7-2/h23,26,32,34,40,42,47-48,52H,6-22,24-25,27-31,33,35-39,41,43-46H2,1-5H3,(H-,50,53,54,55)/p+1/b26-23+,34-32+,42-40+. The molecule has 1 amide bonds. The minimum Gasteiger partial charge on any atom is -0.387 e. The van der Waals surface area contributed by atoms with Gasteiger partial charge in [0.1, 0.15) is 13.2 Å². The second-order valence-electron chi connectivity index (χ2n) is 17.8. The molecule has 0 rings (SSSR count). The number of aliphatic hydroxyl groups excluding tert-OH is 1. The number of amides is 1. The molecule has 0 saturated carbocycles. The van der Waals surface area contributed by atoms with Crippen LogP contribution in [0.5, 0.6) is 0 Å². The van der Waals surface area contributed by atoms with Crippen LogP contribution in [-0.4, -0.2) is 73.4 Å². The van der Waals surface area contributed by atoms with E-state index in [9.17, 15) is 19.4 Å². The number of unbranched alkanes of at least 4 members (excludes halogenated alkanes) is 27. The van der Waals surface area contributed by atoms with Gasteiger partial charge in [-0.05, 0) is 44.9 Å². The molecule has 0 radical (unpaired) electrons. The van der Waals surface area contributed by atoms with Crippen LogP contribution in [0.4, 0.5) is 0 Å². The molecule has 0 bridgehead atoms. The van der Waals surface area contributed by atoms with Crippen LogP contribution in [0.3, 0.4) is 0 Å². The monoisotopic (exact) mass is 840 g/mol. The van der Waals surface area contributed by atoms with Crippen LogP contribution < -0.4 is 5.32 Å². The highest BCUT2D eigenvalue weighted by Gasteiger charge is 2.27. The molecule has 0 aromatic carbocycles. The van der Waals surface area contributed by atoms with E-state index >= 15 is 0 Å². The van der Waals surface area contributed by atoms with Gasteiger partial charge in [-0.25, -0.2) is 4.57 Å². The maximum atomic E-state index is 12.9.